The van der Waals surface area contributed by atoms with Gasteiger partial charge in [0.05, 0.1) is 19.3 Å². The van der Waals surface area contributed by atoms with Crippen molar-refractivity contribution in [2.24, 2.45) is 0 Å². The van der Waals surface area contributed by atoms with Crippen LogP contribution in [0.2, 0.25) is 0 Å². The molecule has 2 heterocycles. The van der Waals surface area contributed by atoms with Gasteiger partial charge in [-0.05, 0) is 49.2 Å². The number of methoxy groups -OCH3 is 1. The van der Waals surface area contributed by atoms with Crippen LogP contribution in [0, 0.1) is 11.6 Å². The zero-order valence-electron chi connectivity index (χ0n) is 17.2. The van der Waals surface area contributed by atoms with Crippen molar-refractivity contribution in [3.8, 4) is 5.75 Å². The van der Waals surface area contributed by atoms with Gasteiger partial charge in [0.1, 0.15) is 23.2 Å². The molecule has 0 unspecified atom stereocenters. The van der Waals surface area contributed by atoms with Crippen LogP contribution < -0.4 is 10.1 Å². The molecule has 0 bridgehead atoms. The minimum absolute atomic E-state index is 0.115. The second-order valence-electron chi connectivity index (χ2n) is 7.59. The second kappa shape index (κ2) is 9.26. The van der Waals surface area contributed by atoms with Gasteiger partial charge in [0.2, 0.25) is 0 Å². The molecule has 0 atom stereocenters. The van der Waals surface area contributed by atoms with Gasteiger partial charge in [0.25, 0.3) is 5.91 Å². The van der Waals surface area contributed by atoms with E-state index in [2.05, 4.69) is 15.3 Å². The third kappa shape index (κ3) is 4.91. The number of anilines is 1. The Morgan fingerprint density at radius 1 is 1.16 bits per heavy atom. The van der Waals surface area contributed by atoms with E-state index >= 15 is 0 Å². The lowest BCUT2D eigenvalue weighted by Gasteiger charge is -2.32. The number of carbonyl (C=O) groups excluding carboxylic acids is 1. The summed E-state index contributed by atoms with van der Waals surface area (Å²) in [5, 5.41) is 7.20. The Morgan fingerprint density at radius 2 is 1.97 bits per heavy atom. The molecule has 1 N–H and O–H groups in total. The molecule has 0 aliphatic carbocycles. The average Bonchev–Trinajstić information content (AvgIpc) is 3.24. The van der Waals surface area contributed by atoms with Gasteiger partial charge in [-0.25, -0.2) is 13.5 Å². The quantitative estimate of drug-likeness (QED) is 0.640. The Bertz CT molecular complexity index is 1060. The fourth-order valence-corrected chi connectivity index (χ4v) is 3.88. The van der Waals surface area contributed by atoms with Crippen LogP contribution in [0.3, 0.4) is 0 Å². The van der Waals surface area contributed by atoms with E-state index in [-0.39, 0.29) is 23.3 Å². The normalized spacial score (nSPS) is 15.1. The lowest BCUT2D eigenvalue weighted by molar-refractivity contribution is 0.102. The first-order chi connectivity index (χ1) is 15.0. The van der Waals surface area contributed by atoms with Crippen molar-refractivity contribution in [2.75, 3.05) is 25.5 Å². The van der Waals surface area contributed by atoms with Crippen molar-refractivity contribution in [3.63, 3.8) is 0 Å². The second-order valence-corrected chi connectivity index (χ2v) is 7.59. The summed E-state index contributed by atoms with van der Waals surface area (Å²) in [5.41, 5.74) is 0.864. The number of amides is 1. The fraction of sp³-hybridized carbons (Fsp3) is 0.304. The van der Waals surface area contributed by atoms with E-state index in [9.17, 15) is 13.6 Å². The molecule has 1 aromatic heterocycles. The van der Waals surface area contributed by atoms with Gasteiger partial charge in [-0.15, -0.1) is 0 Å². The first-order valence-electron chi connectivity index (χ1n) is 10.2. The molecule has 0 spiro atoms. The highest BCUT2D eigenvalue weighted by Crippen LogP contribution is 2.27. The summed E-state index contributed by atoms with van der Waals surface area (Å²) in [5.74, 6) is 0.138. The van der Waals surface area contributed by atoms with Gasteiger partial charge < -0.3 is 10.1 Å². The van der Waals surface area contributed by atoms with E-state index in [0.717, 1.165) is 25.9 Å². The number of aromatic nitrogens is 2. The molecule has 1 amide bonds. The molecule has 1 saturated heterocycles. The van der Waals surface area contributed by atoms with E-state index in [1.54, 1.807) is 42.3 Å². The highest BCUT2D eigenvalue weighted by Gasteiger charge is 2.24. The molecule has 6 nitrogen and oxygen atoms in total. The highest BCUT2D eigenvalue weighted by atomic mass is 19.1. The van der Waals surface area contributed by atoms with Crippen molar-refractivity contribution in [3.05, 3.63) is 77.5 Å². The Balaban J connectivity index is 1.38. The lowest BCUT2D eigenvalue weighted by Crippen LogP contribution is -2.35. The Labute approximate surface area is 179 Å². The largest absolute Gasteiger partial charge is 0.497 e. The summed E-state index contributed by atoms with van der Waals surface area (Å²) in [6, 6.07) is 12.2. The van der Waals surface area contributed by atoms with Crippen LogP contribution in [-0.4, -0.2) is 40.8 Å². The van der Waals surface area contributed by atoms with Gasteiger partial charge in [-0.1, -0.05) is 6.07 Å². The van der Waals surface area contributed by atoms with Crippen molar-refractivity contribution in [1.82, 2.24) is 14.7 Å². The number of halogens is 2. The van der Waals surface area contributed by atoms with Gasteiger partial charge in [0, 0.05) is 36.8 Å². The zero-order chi connectivity index (χ0) is 21.8. The van der Waals surface area contributed by atoms with Gasteiger partial charge in [-0.3, -0.25) is 9.69 Å². The Hall–Kier alpha value is -3.26. The minimum Gasteiger partial charge on any atom is -0.497 e. The average molecular weight is 426 g/mol. The number of rotatable bonds is 6. The minimum atomic E-state index is -0.457. The third-order valence-corrected chi connectivity index (χ3v) is 5.55. The van der Waals surface area contributed by atoms with Crippen molar-refractivity contribution in [1.29, 1.82) is 0 Å². The molecule has 1 aliphatic heterocycles. The standard InChI is InChI=1S/C23H24F2N4O2/c1-31-20-5-6-21(25)17(14-20)15-28-11-8-19(9-12-28)29-22(7-10-26-29)27-23(30)16-3-2-4-18(24)13-16/h2-7,10,13-14,19H,8-9,11-12,15H2,1H3,(H,27,30). The summed E-state index contributed by atoms with van der Waals surface area (Å²) in [6.45, 7) is 2.06. The van der Waals surface area contributed by atoms with Gasteiger partial charge in [0.15, 0.2) is 0 Å². The lowest BCUT2D eigenvalue weighted by atomic mass is 10.0. The topological polar surface area (TPSA) is 59.4 Å². The van der Waals surface area contributed by atoms with E-state index in [1.165, 1.54) is 24.3 Å². The Morgan fingerprint density at radius 3 is 2.71 bits per heavy atom. The molecule has 0 saturated carbocycles. The number of ether oxygens (including phenoxy) is 1. The van der Waals surface area contributed by atoms with Crippen LogP contribution in [-0.2, 0) is 6.54 Å². The monoisotopic (exact) mass is 426 g/mol. The number of nitrogens with one attached hydrogen (secondary N) is 1. The summed E-state index contributed by atoms with van der Waals surface area (Å²) >= 11 is 0. The summed E-state index contributed by atoms with van der Waals surface area (Å²) in [4.78, 5) is 14.7. The molecule has 162 valence electrons. The molecule has 8 heteroatoms. The van der Waals surface area contributed by atoms with Crippen molar-refractivity contribution < 1.29 is 18.3 Å². The Kier molecular flexibility index (Phi) is 6.27. The molecule has 1 fully saturated rings. The summed E-state index contributed by atoms with van der Waals surface area (Å²) < 4.78 is 34.5. The SMILES string of the molecule is COc1ccc(F)c(CN2CCC(n3nccc3NC(=O)c3cccc(F)c3)CC2)c1. The maximum Gasteiger partial charge on any atom is 0.256 e. The smallest absolute Gasteiger partial charge is 0.256 e. The van der Waals surface area contributed by atoms with Crippen LogP contribution >= 0.6 is 0 Å². The number of carbonyl (C=O) groups is 1. The van der Waals surface area contributed by atoms with Crippen LogP contribution in [0.5, 0.6) is 5.75 Å². The molecule has 2 aromatic carbocycles. The molecule has 3 aromatic rings. The highest BCUT2D eigenvalue weighted by molar-refractivity contribution is 6.03. The predicted molar refractivity (Wildman–Crippen MR) is 113 cm³/mol. The first kappa shape index (κ1) is 21.0. The zero-order valence-corrected chi connectivity index (χ0v) is 17.2. The van der Waals surface area contributed by atoms with Crippen LogP contribution in [0.4, 0.5) is 14.6 Å². The maximum atomic E-state index is 14.1. The molecule has 4 rings (SSSR count). The molecular weight excluding hydrogens is 402 g/mol. The maximum absolute atomic E-state index is 14.1. The number of nitrogens with zero attached hydrogens (tertiary/aromatic N) is 3. The van der Waals surface area contributed by atoms with Crippen LogP contribution in [0.1, 0.15) is 34.8 Å². The number of benzene rings is 2. The molecular formula is C23H24F2N4O2. The van der Waals surface area contributed by atoms with Crippen LogP contribution in [0.25, 0.3) is 0 Å². The van der Waals surface area contributed by atoms with Gasteiger partial charge in [-0.2, -0.15) is 5.10 Å². The number of likely N-dealkylation sites (tertiary alicyclic amines) is 1. The van der Waals surface area contributed by atoms with Crippen molar-refractivity contribution in [2.45, 2.75) is 25.4 Å². The summed E-state index contributed by atoms with van der Waals surface area (Å²) in [6.07, 6.45) is 3.27. The van der Waals surface area contributed by atoms with E-state index < -0.39 is 5.82 Å². The summed E-state index contributed by atoms with van der Waals surface area (Å²) in [7, 11) is 1.57. The first-order valence-corrected chi connectivity index (χ1v) is 10.2. The van der Waals surface area contributed by atoms with Crippen LogP contribution in [0.15, 0.2) is 54.7 Å². The third-order valence-electron chi connectivity index (χ3n) is 5.55. The molecule has 1 aliphatic rings. The number of hydrogen-bond acceptors (Lipinski definition) is 4. The van der Waals surface area contributed by atoms with E-state index in [1.807, 2.05) is 0 Å². The van der Waals surface area contributed by atoms with E-state index in [0.29, 0.717) is 23.7 Å². The van der Waals surface area contributed by atoms with Crippen molar-refractivity contribution >= 4 is 11.7 Å². The van der Waals surface area contributed by atoms with Gasteiger partial charge >= 0.3 is 0 Å². The molecule has 31 heavy (non-hydrogen) atoms. The predicted octanol–water partition coefficient (Wildman–Crippen LogP) is 4.26. The number of hydrogen-bond donors (Lipinski definition) is 1. The fourth-order valence-electron chi connectivity index (χ4n) is 3.88. The van der Waals surface area contributed by atoms with E-state index in [4.69, 9.17) is 4.74 Å². The number of piperidine rings is 1. The molecule has 0 radical (unpaired) electrons.